The van der Waals surface area contributed by atoms with E-state index in [0.717, 1.165) is 72.1 Å². The van der Waals surface area contributed by atoms with Gasteiger partial charge in [-0.2, -0.15) is 0 Å². The molecule has 0 saturated carbocycles. The lowest BCUT2D eigenvalue weighted by Gasteiger charge is -2.11. The normalized spacial score (nSPS) is 12.0. The molecule has 9 aromatic rings. The van der Waals surface area contributed by atoms with E-state index < -0.39 is 0 Å². The van der Waals surface area contributed by atoms with E-state index in [2.05, 4.69) is 71.1 Å². The summed E-state index contributed by atoms with van der Waals surface area (Å²) >= 11 is 0. The zero-order chi connectivity index (χ0) is 26.2. The third-order valence-electron chi connectivity index (χ3n) is 7.70. The molecular formula is C33H20N6O. The van der Waals surface area contributed by atoms with Gasteiger partial charge in [0.05, 0.1) is 44.5 Å². The number of fused-ring (bicyclic) bond motifs is 6. The SMILES string of the molecule is c1ccc2c(c1)ncn2-c1ccc2oc3c(-n4cnc5ccccc54)cc(-n4cnc5ccccc54)cc3c2c1. The van der Waals surface area contributed by atoms with Crippen LogP contribution in [-0.4, -0.2) is 28.7 Å². The maximum atomic E-state index is 6.58. The van der Waals surface area contributed by atoms with Crippen molar-refractivity contribution in [1.29, 1.82) is 0 Å². The van der Waals surface area contributed by atoms with Gasteiger partial charge in [-0.15, -0.1) is 0 Å². The Morgan fingerprint density at radius 1 is 0.475 bits per heavy atom. The molecule has 4 heterocycles. The molecular weight excluding hydrogens is 496 g/mol. The summed E-state index contributed by atoms with van der Waals surface area (Å²) in [7, 11) is 0. The number of furan rings is 1. The first kappa shape index (κ1) is 21.3. The van der Waals surface area contributed by atoms with Crippen molar-refractivity contribution in [3.8, 4) is 17.1 Å². The van der Waals surface area contributed by atoms with Crippen LogP contribution in [0.25, 0.3) is 72.1 Å². The molecule has 0 aliphatic rings. The van der Waals surface area contributed by atoms with Gasteiger partial charge >= 0.3 is 0 Å². The highest BCUT2D eigenvalue weighted by Crippen LogP contribution is 2.37. The van der Waals surface area contributed by atoms with Gasteiger partial charge in [-0.25, -0.2) is 15.0 Å². The Hall–Kier alpha value is -5.69. The molecule has 0 amide bonds. The highest BCUT2D eigenvalue weighted by Gasteiger charge is 2.18. The first-order valence-electron chi connectivity index (χ1n) is 13.1. The van der Waals surface area contributed by atoms with Gasteiger partial charge in [-0.05, 0) is 66.7 Å². The zero-order valence-corrected chi connectivity index (χ0v) is 21.1. The third kappa shape index (κ3) is 2.97. The molecule has 0 saturated heterocycles. The fourth-order valence-electron chi connectivity index (χ4n) is 5.78. The Kier molecular flexibility index (Phi) is 4.20. The molecule has 4 aromatic heterocycles. The lowest BCUT2D eigenvalue weighted by molar-refractivity contribution is 0.665. The van der Waals surface area contributed by atoms with E-state index in [9.17, 15) is 0 Å². The van der Waals surface area contributed by atoms with E-state index in [-0.39, 0.29) is 0 Å². The highest BCUT2D eigenvalue weighted by molar-refractivity contribution is 6.09. The quantitative estimate of drug-likeness (QED) is 0.242. The summed E-state index contributed by atoms with van der Waals surface area (Å²) in [4.78, 5) is 13.9. The summed E-state index contributed by atoms with van der Waals surface area (Å²) < 4.78 is 12.9. The van der Waals surface area contributed by atoms with Crippen molar-refractivity contribution < 1.29 is 4.42 Å². The van der Waals surface area contributed by atoms with Gasteiger partial charge in [0.25, 0.3) is 0 Å². The predicted octanol–water partition coefficient (Wildman–Crippen LogP) is 7.60. The van der Waals surface area contributed by atoms with E-state index in [0.29, 0.717) is 0 Å². The Morgan fingerprint density at radius 2 is 1.00 bits per heavy atom. The highest BCUT2D eigenvalue weighted by atomic mass is 16.3. The van der Waals surface area contributed by atoms with Crippen molar-refractivity contribution in [1.82, 2.24) is 28.7 Å². The van der Waals surface area contributed by atoms with Crippen LogP contribution >= 0.6 is 0 Å². The van der Waals surface area contributed by atoms with E-state index >= 15 is 0 Å². The van der Waals surface area contributed by atoms with Gasteiger partial charge in [0.1, 0.15) is 24.6 Å². The molecule has 0 aliphatic carbocycles. The fourth-order valence-corrected chi connectivity index (χ4v) is 5.78. The molecule has 0 aliphatic heterocycles. The summed E-state index contributed by atoms with van der Waals surface area (Å²) in [5.74, 6) is 0. The monoisotopic (exact) mass is 516 g/mol. The van der Waals surface area contributed by atoms with Crippen LogP contribution < -0.4 is 0 Å². The molecule has 7 nitrogen and oxygen atoms in total. The minimum absolute atomic E-state index is 0.805. The second-order valence-electron chi connectivity index (χ2n) is 9.93. The van der Waals surface area contributed by atoms with Crippen molar-refractivity contribution in [3.63, 3.8) is 0 Å². The minimum atomic E-state index is 0.805. The molecule has 0 radical (unpaired) electrons. The van der Waals surface area contributed by atoms with Crippen LogP contribution in [0.15, 0.2) is 127 Å². The fraction of sp³-hybridized carbons (Fsp3) is 0. The molecule has 0 bridgehead atoms. The molecule has 7 heteroatoms. The molecule has 9 rings (SSSR count). The van der Waals surface area contributed by atoms with Crippen LogP contribution in [0.4, 0.5) is 0 Å². The molecule has 0 atom stereocenters. The summed E-state index contributed by atoms with van der Waals surface area (Å²) in [5.41, 5.74) is 10.5. The number of benzene rings is 5. The number of imidazole rings is 3. The maximum absolute atomic E-state index is 6.58. The van der Waals surface area contributed by atoms with Crippen molar-refractivity contribution in [2.24, 2.45) is 0 Å². The van der Waals surface area contributed by atoms with Crippen LogP contribution in [0.5, 0.6) is 0 Å². The van der Waals surface area contributed by atoms with E-state index in [1.165, 1.54) is 0 Å². The van der Waals surface area contributed by atoms with Crippen molar-refractivity contribution in [2.45, 2.75) is 0 Å². The average molecular weight is 517 g/mol. The lowest BCUT2D eigenvalue weighted by Crippen LogP contribution is -1.98. The number of rotatable bonds is 3. The maximum Gasteiger partial charge on any atom is 0.159 e. The van der Waals surface area contributed by atoms with Gasteiger partial charge in [0.2, 0.25) is 0 Å². The number of aromatic nitrogens is 6. The predicted molar refractivity (Wildman–Crippen MR) is 158 cm³/mol. The molecule has 0 fully saturated rings. The smallest absolute Gasteiger partial charge is 0.159 e. The molecule has 0 spiro atoms. The topological polar surface area (TPSA) is 66.6 Å². The second-order valence-corrected chi connectivity index (χ2v) is 9.93. The third-order valence-corrected chi connectivity index (χ3v) is 7.70. The Balaban J connectivity index is 1.36. The number of nitrogens with zero attached hydrogens (tertiary/aromatic N) is 6. The zero-order valence-electron chi connectivity index (χ0n) is 21.1. The van der Waals surface area contributed by atoms with Crippen molar-refractivity contribution in [2.75, 3.05) is 0 Å². The van der Waals surface area contributed by atoms with Gasteiger partial charge in [-0.3, -0.25) is 13.7 Å². The van der Waals surface area contributed by atoms with E-state index in [1.54, 1.807) is 0 Å². The van der Waals surface area contributed by atoms with Crippen LogP contribution in [0, 0.1) is 0 Å². The molecule has 188 valence electrons. The average Bonchev–Trinajstić information content (AvgIpc) is 3.79. The Morgan fingerprint density at radius 3 is 1.65 bits per heavy atom. The minimum Gasteiger partial charge on any atom is -0.454 e. The van der Waals surface area contributed by atoms with Crippen molar-refractivity contribution >= 4 is 55.0 Å². The molecule has 40 heavy (non-hydrogen) atoms. The first-order valence-corrected chi connectivity index (χ1v) is 13.1. The molecule has 0 unspecified atom stereocenters. The number of hydrogen-bond acceptors (Lipinski definition) is 4. The largest absolute Gasteiger partial charge is 0.454 e. The van der Waals surface area contributed by atoms with Crippen LogP contribution in [0.3, 0.4) is 0 Å². The first-order chi connectivity index (χ1) is 19.8. The van der Waals surface area contributed by atoms with Gasteiger partial charge < -0.3 is 4.42 Å². The van der Waals surface area contributed by atoms with Gasteiger partial charge in [0.15, 0.2) is 5.58 Å². The van der Waals surface area contributed by atoms with Gasteiger partial charge in [-0.1, -0.05) is 36.4 Å². The summed E-state index contributed by atoms with van der Waals surface area (Å²) in [6.45, 7) is 0. The standard InChI is InChI=1S/C33H20N6O/c1-4-10-28-25(7-1)34-18-37(28)21-13-14-32-23(15-21)24-16-22(38-19-35-26-8-2-5-11-29(26)38)17-31(33(24)40-32)39-20-36-27-9-3-6-12-30(27)39/h1-20H. The van der Waals surface area contributed by atoms with Crippen LogP contribution in [0.2, 0.25) is 0 Å². The summed E-state index contributed by atoms with van der Waals surface area (Å²) in [5, 5.41) is 2.05. The Bertz CT molecular complexity index is 2400. The number of hydrogen-bond donors (Lipinski definition) is 0. The molecule has 5 aromatic carbocycles. The Labute approximate surface area is 227 Å². The van der Waals surface area contributed by atoms with Crippen molar-refractivity contribution in [3.05, 3.63) is 122 Å². The second kappa shape index (κ2) is 7.91. The molecule has 0 N–H and O–H groups in total. The lowest BCUT2D eigenvalue weighted by atomic mass is 10.1. The van der Waals surface area contributed by atoms with Crippen LogP contribution in [-0.2, 0) is 0 Å². The van der Waals surface area contributed by atoms with Gasteiger partial charge in [0, 0.05) is 16.5 Å². The summed E-state index contributed by atoms with van der Waals surface area (Å²) in [6, 6.07) is 35.1. The number of para-hydroxylation sites is 6. The van der Waals surface area contributed by atoms with Crippen LogP contribution in [0.1, 0.15) is 0 Å². The summed E-state index contributed by atoms with van der Waals surface area (Å²) in [6.07, 6.45) is 5.62. The van der Waals surface area contributed by atoms with E-state index in [4.69, 9.17) is 4.42 Å². The van der Waals surface area contributed by atoms with E-state index in [1.807, 2.05) is 79.6 Å².